The highest BCUT2D eigenvalue weighted by atomic mass is 16.6. The summed E-state index contributed by atoms with van der Waals surface area (Å²) in [5.41, 5.74) is 4.61. The fraction of sp³-hybridized carbons (Fsp3) is 0.542. The maximum absolute atomic E-state index is 12.7. The number of carbonyl (C=O) groups excluding carboxylic acids is 2. The number of esters is 1. The minimum atomic E-state index is -0.583. The molecular weight excluding hydrogens is 394 g/mol. The van der Waals surface area contributed by atoms with E-state index in [0.717, 1.165) is 22.5 Å². The molecule has 1 aromatic heterocycles. The minimum absolute atomic E-state index is 0.262. The van der Waals surface area contributed by atoms with Crippen LogP contribution in [0.1, 0.15) is 80.3 Å². The van der Waals surface area contributed by atoms with Crippen LogP contribution < -0.4 is 0 Å². The first-order valence-electron chi connectivity index (χ1n) is 10.9. The van der Waals surface area contributed by atoms with E-state index in [-0.39, 0.29) is 18.8 Å². The zero-order valence-corrected chi connectivity index (χ0v) is 19.6. The molecule has 0 N–H and O–H groups in total. The third-order valence-electron chi connectivity index (χ3n) is 5.29. The number of fused-ring (bicyclic) bond motifs is 1. The molecule has 7 heteroatoms. The molecule has 0 saturated heterocycles. The van der Waals surface area contributed by atoms with E-state index in [9.17, 15) is 9.59 Å². The standard InChI is InChI=1S/C24H33N3O4/c1-8-30-22(28)21-18-14-26(23(29)31-24(5,6)7)12-11-20(18)27(25-21)19-10-9-17(15(2)3)13-16(19)4/h9-10,13,15H,8,11-12,14H2,1-7H3. The maximum Gasteiger partial charge on any atom is 0.410 e. The Labute approximate surface area is 184 Å². The third kappa shape index (κ3) is 4.92. The zero-order chi connectivity index (χ0) is 22.9. The van der Waals surface area contributed by atoms with Crippen molar-refractivity contribution in [3.63, 3.8) is 0 Å². The summed E-state index contributed by atoms with van der Waals surface area (Å²) in [5, 5.41) is 4.65. The quantitative estimate of drug-likeness (QED) is 0.657. The summed E-state index contributed by atoms with van der Waals surface area (Å²) >= 11 is 0. The second-order valence-electron chi connectivity index (χ2n) is 9.26. The average Bonchev–Trinajstić information content (AvgIpc) is 3.05. The van der Waals surface area contributed by atoms with Crippen molar-refractivity contribution in [1.82, 2.24) is 14.7 Å². The molecule has 31 heavy (non-hydrogen) atoms. The molecule has 3 rings (SSSR count). The molecule has 1 aromatic carbocycles. The van der Waals surface area contributed by atoms with Crippen molar-refractivity contribution in [3.05, 3.63) is 46.3 Å². The normalized spacial score (nSPS) is 13.9. The summed E-state index contributed by atoms with van der Waals surface area (Å²) < 4.78 is 12.6. The number of hydrogen-bond acceptors (Lipinski definition) is 5. The topological polar surface area (TPSA) is 73.7 Å². The molecule has 168 valence electrons. The van der Waals surface area contributed by atoms with E-state index in [2.05, 4.69) is 38.0 Å². The fourth-order valence-corrected chi connectivity index (χ4v) is 3.74. The molecule has 7 nitrogen and oxygen atoms in total. The maximum atomic E-state index is 12.7. The first-order valence-corrected chi connectivity index (χ1v) is 10.9. The number of aromatic nitrogens is 2. The zero-order valence-electron chi connectivity index (χ0n) is 19.6. The first-order chi connectivity index (χ1) is 14.5. The molecule has 2 heterocycles. The van der Waals surface area contributed by atoms with Gasteiger partial charge in [-0.25, -0.2) is 14.3 Å². The predicted octanol–water partition coefficient (Wildman–Crippen LogP) is 4.77. The highest BCUT2D eigenvalue weighted by molar-refractivity contribution is 5.89. The van der Waals surface area contributed by atoms with Crippen molar-refractivity contribution in [2.75, 3.05) is 13.2 Å². The van der Waals surface area contributed by atoms with Gasteiger partial charge in [0.1, 0.15) is 5.60 Å². The van der Waals surface area contributed by atoms with Gasteiger partial charge in [-0.1, -0.05) is 26.0 Å². The third-order valence-corrected chi connectivity index (χ3v) is 5.29. The van der Waals surface area contributed by atoms with Crippen LogP contribution in [0, 0.1) is 6.92 Å². The van der Waals surface area contributed by atoms with Gasteiger partial charge >= 0.3 is 12.1 Å². The van der Waals surface area contributed by atoms with Gasteiger partial charge < -0.3 is 14.4 Å². The highest BCUT2D eigenvalue weighted by Gasteiger charge is 2.33. The Morgan fingerprint density at radius 3 is 2.52 bits per heavy atom. The van der Waals surface area contributed by atoms with Crippen LogP contribution in [0.4, 0.5) is 4.79 Å². The van der Waals surface area contributed by atoms with Crippen LogP contribution in [-0.4, -0.2) is 45.5 Å². The lowest BCUT2D eigenvalue weighted by Crippen LogP contribution is -2.40. The fourth-order valence-electron chi connectivity index (χ4n) is 3.74. The summed E-state index contributed by atoms with van der Waals surface area (Å²) in [6, 6.07) is 6.31. The Kier molecular flexibility index (Phi) is 6.43. The lowest BCUT2D eigenvalue weighted by molar-refractivity contribution is 0.0219. The van der Waals surface area contributed by atoms with Gasteiger partial charge in [0.05, 0.1) is 24.5 Å². The largest absolute Gasteiger partial charge is 0.461 e. The van der Waals surface area contributed by atoms with E-state index in [1.807, 2.05) is 31.5 Å². The molecule has 0 unspecified atom stereocenters. The SMILES string of the molecule is CCOC(=O)c1nn(-c2ccc(C(C)C)cc2C)c2c1CN(C(=O)OC(C)(C)C)CC2. The lowest BCUT2D eigenvalue weighted by atomic mass is 10.00. The van der Waals surface area contributed by atoms with E-state index in [1.165, 1.54) is 5.56 Å². The molecule has 2 aromatic rings. The summed E-state index contributed by atoms with van der Waals surface area (Å²) in [6.07, 6.45) is 0.185. The Morgan fingerprint density at radius 1 is 1.23 bits per heavy atom. The van der Waals surface area contributed by atoms with Crippen molar-refractivity contribution >= 4 is 12.1 Å². The molecule has 0 radical (unpaired) electrons. The second-order valence-corrected chi connectivity index (χ2v) is 9.26. The number of aryl methyl sites for hydroxylation is 1. The van der Waals surface area contributed by atoms with Gasteiger partial charge in [-0.05, 0) is 57.7 Å². The van der Waals surface area contributed by atoms with Crippen molar-refractivity contribution in [3.8, 4) is 5.69 Å². The van der Waals surface area contributed by atoms with Crippen LogP contribution in [0.15, 0.2) is 18.2 Å². The van der Waals surface area contributed by atoms with Crippen LogP contribution in [0.5, 0.6) is 0 Å². The summed E-state index contributed by atoms with van der Waals surface area (Å²) in [4.78, 5) is 26.9. The van der Waals surface area contributed by atoms with Crippen LogP contribution in [0.25, 0.3) is 5.69 Å². The molecule has 1 aliphatic heterocycles. The smallest absolute Gasteiger partial charge is 0.410 e. The average molecular weight is 428 g/mol. The molecular formula is C24H33N3O4. The van der Waals surface area contributed by atoms with Crippen molar-refractivity contribution in [1.29, 1.82) is 0 Å². The van der Waals surface area contributed by atoms with E-state index in [4.69, 9.17) is 9.47 Å². The van der Waals surface area contributed by atoms with Crippen LogP contribution >= 0.6 is 0 Å². The predicted molar refractivity (Wildman–Crippen MR) is 119 cm³/mol. The van der Waals surface area contributed by atoms with Crippen molar-refractivity contribution in [2.24, 2.45) is 0 Å². The van der Waals surface area contributed by atoms with E-state index >= 15 is 0 Å². The lowest BCUT2D eigenvalue weighted by Gasteiger charge is -2.30. The molecule has 0 atom stereocenters. The number of ether oxygens (including phenoxy) is 2. The Bertz CT molecular complexity index is 985. The Hall–Kier alpha value is -2.83. The summed E-state index contributed by atoms with van der Waals surface area (Å²) in [5.74, 6) is -0.0447. The molecule has 1 aliphatic rings. The Morgan fingerprint density at radius 2 is 1.94 bits per heavy atom. The van der Waals surface area contributed by atoms with E-state index in [0.29, 0.717) is 18.9 Å². The van der Waals surface area contributed by atoms with Gasteiger partial charge in [0, 0.05) is 18.5 Å². The number of carbonyl (C=O) groups is 2. The highest BCUT2D eigenvalue weighted by Crippen LogP contribution is 2.29. The molecule has 0 spiro atoms. The molecule has 0 fully saturated rings. The van der Waals surface area contributed by atoms with Gasteiger partial charge in [-0.2, -0.15) is 5.10 Å². The van der Waals surface area contributed by atoms with Crippen LogP contribution in [0.2, 0.25) is 0 Å². The number of amides is 1. The molecule has 0 aliphatic carbocycles. The van der Waals surface area contributed by atoms with Gasteiger partial charge in [0.15, 0.2) is 5.69 Å². The van der Waals surface area contributed by atoms with Crippen LogP contribution in [0.3, 0.4) is 0 Å². The number of nitrogens with zero attached hydrogens (tertiary/aromatic N) is 3. The summed E-state index contributed by atoms with van der Waals surface area (Å²) in [6.45, 7) is 14.7. The van der Waals surface area contributed by atoms with Gasteiger partial charge in [0.25, 0.3) is 0 Å². The summed E-state index contributed by atoms with van der Waals surface area (Å²) in [7, 11) is 0. The number of rotatable bonds is 4. The van der Waals surface area contributed by atoms with Crippen molar-refractivity contribution in [2.45, 2.75) is 73.0 Å². The van der Waals surface area contributed by atoms with Crippen molar-refractivity contribution < 1.29 is 19.1 Å². The monoisotopic (exact) mass is 427 g/mol. The van der Waals surface area contributed by atoms with Gasteiger partial charge in [0.2, 0.25) is 0 Å². The van der Waals surface area contributed by atoms with Gasteiger partial charge in [-0.15, -0.1) is 0 Å². The minimum Gasteiger partial charge on any atom is -0.461 e. The Balaban J connectivity index is 2.03. The molecule has 1 amide bonds. The molecule has 0 bridgehead atoms. The first kappa shape index (κ1) is 22.8. The second kappa shape index (κ2) is 8.73. The van der Waals surface area contributed by atoms with Gasteiger partial charge in [-0.3, -0.25) is 0 Å². The van der Waals surface area contributed by atoms with Crippen LogP contribution in [-0.2, 0) is 22.4 Å². The van der Waals surface area contributed by atoms with E-state index in [1.54, 1.807) is 11.8 Å². The molecule has 0 saturated carbocycles. The number of hydrogen-bond donors (Lipinski definition) is 0. The number of benzene rings is 1. The van der Waals surface area contributed by atoms with E-state index < -0.39 is 17.7 Å².